The average molecular weight is 1090 g/mol. The number of ether oxygens (including phenoxy) is 1. The van der Waals surface area contributed by atoms with Crippen LogP contribution in [-0.2, 0) is 27.2 Å². The van der Waals surface area contributed by atoms with Gasteiger partial charge in [0.05, 0.1) is 13.2 Å². The van der Waals surface area contributed by atoms with Gasteiger partial charge in [0.15, 0.2) is 6.29 Å². The summed E-state index contributed by atoms with van der Waals surface area (Å²) in [6, 6.07) is 0. The van der Waals surface area contributed by atoms with E-state index in [4.69, 9.17) is 9.26 Å². The standard InChI is InChI=1S/C61H102O12P2/c1-46(2)23-13-24-47(3)25-14-26-48(4)27-15-28-49(5)29-16-30-50(6)31-17-32-51(7)33-18-34-52(8)35-19-36-53(9)37-20-38-54(10)39-21-40-55(11)41-22-42-56(12)43-44-70-74(66,67)73-75(68,69)72-61-60(65)59(64)58(63)57(45-62)71-61/h23,25,27,29,31,33,35,37,39,41,43,57-65H,13-22,24,26,28,30,32,34,36,38,40,42,44-45H2,1-12H3,(H,66,67)(H,68,69)/b47-25+,48-27+,49-29-,50-31-,51-33-,52-35-,53-37-,54-39-,55-41-,56-43-/t57-,58+,59+,60-,61-/m1/s1. The topological polar surface area (TPSA) is 192 Å². The van der Waals surface area contributed by atoms with E-state index in [-0.39, 0.29) is 0 Å². The van der Waals surface area contributed by atoms with Crippen LogP contribution in [0.4, 0.5) is 0 Å². The van der Waals surface area contributed by atoms with Gasteiger partial charge in [-0.05, 0) is 212 Å². The monoisotopic (exact) mass is 1090 g/mol. The average Bonchev–Trinajstić information content (AvgIpc) is 3.31. The van der Waals surface area contributed by atoms with Gasteiger partial charge in [-0.3, -0.25) is 9.05 Å². The summed E-state index contributed by atoms with van der Waals surface area (Å²) in [5.74, 6) is 0. The minimum atomic E-state index is -5.38. The third-order valence-electron chi connectivity index (χ3n) is 13.3. The van der Waals surface area contributed by atoms with Crippen molar-refractivity contribution in [2.45, 2.75) is 242 Å². The molecule has 14 heteroatoms. The fraction of sp³-hybridized carbons (Fsp3) is 0.639. The van der Waals surface area contributed by atoms with Gasteiger partial charge in [0.2, 0.25) is 0 Å². The van der Waals surface area contributed by atoms with E-state index < -0.39 is 59.6 Å². The van der Waals surface area contributed by atoms with Gasteiger partial charge in [0, 0.05) is 0 Å². The normalized spacial score (nSPS) is 22.1. The van der Waals surface area contributed by atoms with Crippen molar-refractivity contribution >= 4 is 15.6 Å². The summed E-state index contributed by atoms with van der Waals surface area (Å²) >= 11 is 0. The molecule has 0 saturated carbocycles. The summed E-state index contributed by atoms with van der Waals surface area (Å²) in [5.41, 5.74) is 15.3. The molecule has 1 rings (SSSR count). The van der Waals surface area contributed by atoms with Crippen LogP contribution in [0.1, 0.15) is 212 Å². The number of aliphatic hydroxyl groups excluding tert-OH is 4. The van der Waals surface area contributed by atoms with Crippen molar-refractivity contribution in [3.63, 3.8) is 0 Å². The first-order valence-corrected chi connectivity index (χ1v) is 30.5. The summed E-state index contributed by atoms with van der Waals surface area (Å²) in [6.45, 7) is 25.1. The fourth-order valence-electron chi connectivity index (χ4n) is 8.26. The maximum atomic E-state index is 12.4. The molecule has 428 valence electrons. The maximum absolute atomic E-state index is 12.4. The molecule has 0 aliphatic carbocycles. The predicted octanol–water partition coefficient (Wildman–Crippen LogP) is 16.3. The van der Waals surface area contributed by atoms with Crippen LogP contribution >= 0.6 is 15.6 Å². The van der Waals surface area contributed by atoms with E-state index in [1.807, 2.05) is 6.92 Å². The molecule has 1 aliphatic rings. The van der Waals surface area contributed by atoms with Crippen molar-refractivity contribution in [3.05, 3.63) is 128 Å². The van der Waals surface area contributed by atoms with Crippen molar-refractivity contribution in [1.82, 2.24) is 0 Å². The summed E-state index contributed by atoms with van der Waals surface area (Å²) in [4.78, 5) is 19.9. The Bertz CT molecular complexity index is 2130. The van der Waals surface area contributed by atoms with Crippen LogP contribution in [0.3, 0.4) is 0 Å². The van der Waals surface area contributed by atoms with Crippen LogP contribution in [0.2, 0.25) is 0 Å². The van der Waals surface area contributed by atoms with E-state index in [9.17, 15) is 39.3 Å². The summed E-state index contributed by atoms with van der Waals surface area (Å²) < 4.78 is 43.3. The van der Waals surface area contributed by atoms with E-state index in [1.54, 1.807) is 6.08 Å². The van der Waals surface area contributed by atoms with Crippen molar-refractivity contribution < 1.29 is 57.4 Å². The Balaban J connectivity index is 2.29. The summed E-state index contributed by atoms with van der Waals surface area (Å²) in [7, 11) is -10.5. The zero-order chi connectivity index (χ0) is 56.4. The second kappa shape index (κ2) is 39.5. The van der Waals surface area contributed by atoms with Gasteiger partial charge in [-0.1, -0.05) is 128 Å². The molecule has 1 fully saturated rings. The first-order chi connectivity index (χ1) is 35.3. The molecule has 0 amide bonds. The van der Waals surface area contributed by atoms with Crippen molar-refractivity contribution in [2.75, 3.05) is 13.2 Å². The van der Waals surface area contributed by atoms with Crippen LogP contribution < -0.4 is 0 Å². The van der Waals surface area contributed by atoms with Gasteiger partial charge >= 0.3 is 15.6 Å². The molecule has 0 aromatic rings. The molecule has 0 aromatic heterocycles. The second-order valence-electron chi connectivity index (χ2n) is 21.3. The number of phosphoric ester groups is 2. The first kappa shape index (κ1) is 70.2. The molecule has 0 aromatic carbocycles. The zero-order valence-electron chi connectivity index (χ0n) is 48.3. The Morgan fingerprint density at radius 3 is 0.933 bits per heavy atom. The van der Waals surface area contributed by atoms with E-state index in [0.717, 1.165) is 121 Å². The highest BCUT2D eigenvalue weighted by atomic mass is 31.3. The maximum Gasteiger partial charge on any atom is 0.483 e. The lowest BCUT2D eigenvalue weighted by atomic mass is 10.00. The van der Waals surface area contributed by atoms with Crippen LogP contribution in [0.25, 0.3) is 0 Å². The quantitative estimate of drug-likeness (QED) is 0.0254. The number of allylic oxidation sites excluding steroid dienone is 21. The Hall–Kier alpha value is -2.80. The third-order valence-corrected chi connectivity index (χ3v) is 15.9. The van der Waals surface area contributed by atoms with Crippen LogP contribution in [0, 0.1) is 0 Å². The number of phosphoric acid groups is 2. The van der Waals surface area contributed by atoms with E-state index in [1.165, 1.54) is 62.2 Å². The molecular weight excluding hydrogens is 987 g/mol. The molecule has 6 N–H and O–H groups in total. The van der Waals surface area contributed by atoms with Gasteiger partial charge < -0.3 is 34.9 Å². The number of rotatable bonds is 38. The summed E-state index contributed by atoms with van der Waals surface area (Å²) in [5, 5.41) is 39.0. The number of hydrogen-bond acceptors (Lipinski definition) is 10. The molecule has 1 aliphatic heterocycles. The highest BCUT2D eigenvalue weighted by Gasteiger charge is 2.48. The van der Waals surface area contributed by atoms with Gasteiger partial charge in [-0.2, -0.15) is 4.31 Å². The van der Waals surface area contributed by atoms with E-state index in [0.29, 0.717) is 6.42 Å². The highest BCUT2D eigenvalue weighted by Crippen LogP contribution is 2.61. The van der Waals surface area contributed by atoms with Gasteiger partial charge in [-0.15, -0.1) is 0 Å². The molecule has 1 saturated heterocycles. The molecule has 0 radical (unpaired) electrons. The Labute approximate surface area is 454 Å². The van der Waals surface area contributed by atoms with Crippen molar-refractivity contribution in [1.29, 1.82) is 0 Å². The minimum Gasteiger partial charge on any atom is -0.394 e. The lowest BCUT2D eigenvalue weighted by molar-refractivity contribution is -0.280. The fourth-order valence-corrected chi connectivity index (χ4v) is 10.3. The van der Waals surface area contributed by atoms with Crippen LogP contribution in [-0.4, -0.2) is 74.1 Å². The molecule has 0 bridgehead atoms. The van der Waals surface area contributed by atoms with E-state index in [2.05, 4.69) is 146 Å². The lowest BCUT2D eigenvalue weighted by Crippen LogP contribution is -2.58. The molecule has 75 heavy (non-hydrogen) atoms. The molecule has 12 nitrogen and oxygen atoms in total. The molecular formula is C61H102O12P2. The minimum absolute atomic E-state index is 0.399. The SMILES string of the molecule is CC(C)=CCC/C(C)=C/CC/C(C)=C/CC/C(C)=C\CC/C(C)=C\CC/C(C)=C\CC/C(C)=C\CC/C(C)=C\CC/C(C)=C\CC/C(C)=C\CC/C(C)=C\COP(=O)(O)OP(=O)(O)O[C@H]1O[C@H](CO)[C@H](O)[C@H](O)[C@H]1O. The van der Waals surface area contributed by atoms with Crippen molar-refractivity contribution in [2.24, 2.45) is 0 Å². The molecule has 0 spiro atoms. The first-order valence-electron chi connectivity index (χ1n) is 27.5. The van der Waals surface area contributed by atoms with Crippen LogP contribution in [0.5, 0.6) is 0 Å². The Morgan fingerprint density at radius 1 is 0.400 bits per heavy atom. The van der Waals surface area contributed by atoms with E-state index >= 15 is 0 Å². The second-order valence-corrected chi connectivity index (χ2v) is 24.3. The Kier molecular flexibility index (Phi) is 37.0. The lowest BCUT2D eigenvalue weighted by Gasteiger charge is -2.39. The molecule has 1 heterocycles. The molecule has 2 unspecified atom stereocenters. The van der Waals surface area contributed by atoms with Gasteiger partial charge in [-0.25, -0.2) is 9.13 Å². The smallest absolute Gasteiger partial charge is 0.394 e. The van der Waals surface area contributed by atoms with Gasteiger partial charge in [0.1, 0.15) is 24.4 Å². The largest absolute Gasteiger partial charge is 0.483 e. The zero-order valence-corrected chi connectivity index (χ0v) is 50.1. The highest BCUT2D eigenvalue weighted by molar-refractivity contribution is 7.61. The Morgan fingerprint density at radius 2 is 0.667 bits per heavy atom. The third kappa shape index (κ3) is 36.1. The molecule has 7 atom stereocenters. The van der Waals surface area contributed by atoms with Crippen LogP contribution in [0.15, 0.2) is 128 Å². The summed E-state index contributed by atoms with van der Waals surface area (Å²) in [6.07, 6.45) is 37.4. The number of aliphatic hydroxyl groups is 4. The predicted molar refractivity (Wildman–Crippen MR) is 311 cm³/mol. The number of hydrogen-bond donors (Lipinski definition) is 6. The van der Waals surface area contributed by atoms with Gasteiger partial charge in [0.25, 0.3) is 0 Å². The van der Waals surface area contributed by atoms with Crippen molar-refractivity contribution in [3.8, 4) is 0 Å².